The van der Waals surface area contributed by atoms with Gasteiger partial charge in [0.25, 0.3) is 0 Å². The highest BCUT2D eigenvalue weighted by molar-refractivity contribution is 6.78. The van der Waals surface area contributed by atoms with Gasteiger partial charge in [0.15, 0.2) is 0 Å². The van der Waals surface area contributed by atoms with Gasteiger partial charge >= 0.3 is 0 Å². The molecule has 0 aromatic carbocycles. The van der Waals surface area contributed by atoms with E-state index in [4.69, 9.17) is 81.2 Å². The quantitative estimate of drug-likeness (QED) is 0.384. The fourth-order valence-corrected chi connectivity index (χ4v) is 2.95. The maximum absolute atomic E-state index is 6.12. The fourth-order valence-electron chi connectivity index (χ4n) is 1.09. The van der Waals surface area contributed by atoms with Crippen molar-refractivity contribution in [3.8, 4) is 0 Å². The minimum Gasteiger partial charge on any atom is -0.110 e. The predicted octanol–water partition coefficient (Wildman–Crippen LogP) is 6.49. The normalized spacial score (nSPS) is 14.2. The monoisotopic (exact) mass is 365 g/mol. The molecule has 0 saturated heterocycles. The third kappa shape index (κ3) is 4.96. The molecular weight excluding hydrogens is 356 g/mol. The van der Waals surface area contributed by atoms with E-state index in [1.165, 1.54) is 0 Å². The maximum Gasteiger partial charge on any atom is 0.213 e. The Morgan fingerprint density at radius 1 is 0.812 bits per heavy atom. The van der Waals surface area contributed by atoms with E-state index in [1.807, 2.05) is 0 Å². The van der Waals surface area contributed by atoms with Crippen LogP contribution in [-0.2, 0) is 0 Å². The first-order valence-corrected chi connectivity index (χ1v) is 7.37. The lowest BCUT2D eigenvalue weighted by atomic mass is 10.0. The lowest BCUT2D eigenvalue weighted by Gasteiger charge is -2.39. The summed E-state index contributed by atoms with van der Waals surface area (Å²) in [6, 6.07) is 0. The van der Waals surface area contributed by atoms with Crippen molar-refractivity contribution in [3.05, 3.63) is 6.42 Å². The molecule has 0 aliphatic carbocycles. The van der Waals surface area contributed by atoms with Crippen LogP contribution in [0.5, 0.6) is 0 Å². The summed E-state index contributed by atoms with van der Waals surface area (Å²) in [4.78, 5) is -1.64. The highest BCUT2D eigenvalue weighted by Crippen LogP contribution is 2.57. The van der Waals surface area contributed by atoms with Gasteiger partial charge in [-0.1, -0.05) is 95.8 Å². The lowest BCUT2D eigenvalue weighted by Crippen LogP contribution is -2.49. The summed E-state index contributed by atoms with van der Waals surface area (Å²) in [6.45, 7) is 2.08. The molecule has 0 aliphatic heterocycles. The molecule has 0 nitrogen and oxygen atoms in total. The van der Waals surface area contributed by atoms with Crippen molar-refractivity contribution in [2.45, 2.75) is 45.1 Å². The molecule has 0 aromatic heterocycles. The fraction of sp³-hybridized carbons (Fsp3) is 0.889. The Morgan fingerprint density at radius 2 is 1.25 bits per heavy atom. The molecule has 97 valence electrons. The van der Waals surface area contributed by atoms with Gasteiger partial charge in [-0.15, -0.1) is 11.6 Å². The summed E-state index contributed by atoms with van der Waals surface area (Å²) in [5.74, 6) is 0. The summed E-state index contributed by atoms with van der Waals surface area (Å²) in [5, 5.41) is 0. The second-order valence-corrected chi connectivity index (χ2v) is 8.57. The lowest BCUT2D eigenvalue weighted by molar-refractivity contribution is 0.610. The number of hydrogen-bond acceptors (Lipinski definition) is 0. The van der Waals surface area contributed by atoms with E-state index in [1.54, 1.807) is 6.42 Å². The molecule has 7 heteroatoms. The van der Waals surface area contributed by atoms with Crippen molar-refractivity contribution < 1.29 is 0 Å². The highest BCUT2D eigenvalue weighted by Gasteiger charge is 2.59. The molecule has 0 amide bonds. The van der Waals surface area contributed by atoms with E-state index in [-0.39, 0.29) is 0 Å². The van der Waals surface area contributed by atoms with Crippen LogP contribution in [0.25, 0.3) is 0 Å². The van der Waals surface area contributed by atoms with Crippen LogP contribution in [0.4, 0.5) is 0 Å². The van der Waals surface area contributed by atoms with Crippen molar-refractivity contribution in [1.29, 1.82) is 0 Å². The summed E-state index contributed by atoms with van der Waals surface area (Å²) in [6.07, 6.45) is 5.21. The first kappa shape index (κ1) is 18.0. The van der Waals surface area contributed by atoms with Crippen LogP contribution in [0, 0.1) is 6.42 Å². The molecule has 0 spiro atoms. The number of hydrogen-bond donors (Lipinski definition) is 0. The Hall–Kier alpha value is 2.03. The van der Waals surface area contributed by atoms with E-state index in [0.29, 0.717) is 6.42 Å². The third-order valence-electron chi connectivity index (χ3n) is 2.06. The SMILES string of the molecule is CCCCC[CH]C(Cl)(C(Cl)(Cl)Cl)C(Cl)(Cl)Cl. The topological polar surface area (TPSA) is 0 Å². The van der Waals surface area contributed by atoms with Crippen molar-refractivity contribution in [1.82, 2.24) is 0 Å². The molecule has 0 N–H and O–H groups in total. The van der Waals surface area contributed by atoms with Gasteiger partial charge in [-0.25, -0.2) is 0 Å². The van der Waals surface area contributed by atoms with Crippen LogP contribution in [0.3, 0.4) is 0 Å². The van der Waals surface area contributed by atoms with Crippen LogP contribution in [0.2, 0.25) is 0 Å². The number of rotatable bonds is 5. The second-order valence-electron chi connectivity index (χ2n) is 3.41. The Balaban J connectivity index is 4.59. The molecule has 1 radical (unpaired) electrons. The minimum atomic E-state index is -1.88. The van der Waals surface area contributed by atoms with E-state index >= 15 is 0 Å². The first-order chi connectivity index (χ1) is 7.06. The average molecular weight is 368 g/mol. The van der Waals surface area contributed by atoms with Crippen LogP contribution in [0.15, 0.2) is 0 Å². The van der Waals surface area contributed by atoms with Crippen LogP contribution < -0.4 is 0 Å². The highest BCUT2D eigenvalue weighted by atomic mass is 35.6. The van der Waals surface area contributed by atoms with Gasteiger partial charge in [0.2, 0.25) is 7.59 Å². The van der Waals surface area contributed by atoms with Gasteiger partial charge in [-0.2, -0.15) is 0 Å². The number of unbranched alkanes of at least 4 members (excludes halogenated alkanes) is 3. The Labute approximate surface area is 132 Å². The minimum absolute atomic E-state index is 0.624. The van der Waals surface area contributed by atoms with Crippen LogP contribution in [-0.4, -0.2) is 12.5 Å². The smallest absolute Gasteiger partial charge is 0.110 e. The van der Waals surface area contributed by atoms with Crippen molar-refractivity contribution in [2.75, 3.05) is 0 Å². The summed E-state index contributed by atoms with van der Waals surface area (Å²) < 4.78 is -3.77. The zero-order valence-electron chi connectivity index (χ0n) is 8.55. The molecule has 0 aliphatic rings. The first-order valence-electron chi connectivity index (χ1n) is 4.73. The molecular formula is C9H12Cl7. The van der Waals surface area contributed by atoms with E-state index in [2.05, 4.69) is 6.92 Å². The summed E-state index contributed by atoms with van der Waals surface area (Å²) >= 11 is 40.6. The number of alkyl halides is 7. The zero-order valence-corrected chi connectivity index (χ0v) is 13.8. The number of halogens is 7. The van der Waals surface area contributed by atoms with Gasteiger partial charge in [0, 0.05) is 0 Å². The molecule has 0 saturated carbocycles. The molecule has 0 aromatic rings. The maximum atomic E-state index is 6.12. The average Bonchev–Trinajstić information content (AvgIpc) is 2.08. The molecule has 0 rings (SSSR count). The summed E-state index contributed by atoms with van der Waals surface area (Å²) in [7, 11) is 0. The Bertz CT molecular complexity index is 189. The van der Waals surface area contributed by atoms with Crippen LogP contribution in [0.1, 0.15) is 32.6 Å². The molecule has 0 heterocycles. The van der Waals surface area contributed by atoms with Gasteiger partial charge < -0.3 is 0 Å². The molecule has 16 heavy (non-hydrogen) atoms. The second kappa shape index (κ2) is 6.98. The third-order valence-corrected chi connectivity index (χ3v) is 5.15. The van der Waals surface area contributed by atoms with Crippen molar-refractivity contribution in [2.24, 2.45) is 0 Å². The molecule has 0 fully saturated rings. The van der Waals surface area contributed by atoms with Gasteiger partial charge in [0.05, 0.1) is 0 Å². The predicted molar refractivity (Wildman–Crippen MR) is 77.6 cm³/mol. The zero-order chi connectivity index (χ0) is 13.0. The van der Waals surface area contributed by atoms with Crippen molar-refractivity contribution in [3.63, 3.8) is 0 Å². The van der Waals surface area contributed by atoms with Crippen LogP contribution >= 0.6 is 81.2 Å². The van der Waals surface area contributed by atoms with E-state index in [0.717, 1.165) is 19.3 Å². The largest absolute Gasteiger partial charge is 0.213 e. The Kier molecular flexibility index (Phi) is 7.87. The molecule has 0 atom stereocenters. The van der Waals surface area contributed by atoms with Gasteiger partial charge in [-0.05, 0) is 12.8 Å². The standard InChI is InChI=1S/C9H12Cl7/c1-2-3-4-5-6-7(10,8(11,12)13)9(14,15)16/h6H,2-5H2,1H3. The summed E-state index contributed by atoms with van der Waals surface area (Å²) in [5.41, 5.74) is 0. The van der Waals surface area contributed by atoms with Gasteiger partial charge in [-0.3, -0.25) is 0 Å². The Morgan fingerprint density at radius 3 is 1.56 bits per heavy atom. The molecule has 0 bridgehead atoms. The van der Waals surface area contributed by atoms with E-state index < -0.39 is 12.5 Å². The molecule has 0 unspecified atom stereocenters. The van der Waals surface area contributed by atoms with Gasteiger partial charge in [0.1, 0.15) is 4.87 Å². The van der Waals surface area contributed by atoms with Crippen molar-refractivity contribution >= 4 is 81.2 Å². The van der Waals surface area contributed by atoms with E-state index in [9.17, 15) is 0 Å².